The number of hydrogen-bond donors (Lipinski definition) is 0. The molecule has 2 aromatic carbocycles. The molecule has 0 atom stereocenters. The summed E-state index contributed by atoms with van der Waals surface area (Å²) in [6.45, 7) is 5.43. The van der Waals surface area contributed by atoms with Gasteiger partial charge in [0.2, 0.25) is 0 Å². The number of halogens is 2. The Kier molecular flexibility index (Phi) is 8.02. The van der Waals surface area contributed by atoms with Gasteiger partial charge in [-0.3, -0.25) is 0 Å². The highest BCUT2D eigenvalue weighted by atomic mass is 35.7. The number of benzene rings is 2. The minimum absolute atomic E-state index is 0.953. The molecule has 0 aromatic heterocycles. The van der Waals surface area contributed by atoms with Crippen LogP contribution in [0.15, 0.2) is 61.7 Å². The fourth-order valence-corrected chi connectivity index (χ4v) is 6.11. The minimum atomic E-state index is -2.13. The summed E-state index contributed by atoms with van der Waals surface area (Å²) in [5.74, 6) is 0. The largest absolute Gasteiger partial charge is 0.251 e. The Morgan fingerprint density at radius 1 is 0.680 bits per heavy atom. The summed E-state index contributed by atoms with van der Waals surface area (Å²) in [7, 11) is 0. The predicted molar refractivity (Wildman–Crippen MR) is 117 cm³/mol. The smallest absolute Gasteiger partial charge is 0.146 e. The van der Waals surface area contributed by atoms with E-state index in [9.17, 15) is 0 Å². The summed E-state index contributed by atoms with van der Waals surface area (Å²) in [5, 5.41) is 0. The molecule has 0 N–H and O–H groups in total. The van der Waals surface area contributed by atoms with Crippen LogP contribution in [0.5, 0.6) is 0 Å². The van der Waals surface area contributed by atoms with Crippen LogP contribution in [-0.4, -0.2) is 6.69 Å². The maximum Gasteiger partial charge on any atom is 0.251 e. The normalized spacial score (nSPS) is 11.3. The van der Waals surface area contributed by atoms with Crippen molar-refractivity contribution in [1.82, 2.24) is 0 Å². The molecule has 0 saturated carbocycles. The first-order chi connectivity index (χ1) is 12.0. The molecule has 0 saturated heterocycles. The molecule has 25 heavy (non-hydrogen) atoms. The van der Waals surface area contributed by atoms with Gasteiger partial charge < -0.3 is 0 Å². The van der Waals surface area contributed by atoms with E-state index >= 15 is 0 Å². The lowest BCUT2D eigenvalue weighted by Crippen LogP contribution is -2.18. The molecule has 0 heterocycles. The summed E-state index contributed by atoms with van der Waals surface area (Å²) >= 11 is 13.3. The second-order valence-corrected chi connectivity index (χ2v) is 14.1. The Morgan fingerprint density at radius 2 is 1.04 bits per heavy atom. The third-order valence-electron chi connectivity index (χ3n) is 4.45. The van der Waals surface area contributed by atoms with Gasteiger partial charge in [0.15, 0.2) is 0 Å². The molecule has 2 aromatic rings. The van der Waals surface area contributed by atoms with E-state index in [1.807, 2.05) is 12.2 Å². The molecule has 0 amide bonds. The van der Waals surface area contributed by atoms with Gasteiger partial charge in [-0.05, 0) is 60.0 Å². The van der Waals surface area contributed by atoms with Gasteiger partial charge in [0.25, 0.3) is 6.69 Å². The van der Waals surface area contributed by atoms with Crippen LogP contribution in [0, 0.1) is 0 Å². The maximum absolute atomic E-state index is 6.64. The van der Waals surface area contributed by atoms with Crippen molar-refractivity contribution in [3.8, 4) is 0 Å². The zero-order valence-electron chi connectivity index (χ0n) is 14.7. The monoisotopic (exact) mass is 388 g/mol. The molecule has 132 valence electrons. The van der Waals surface area contributed by atoms with Crippen LogP contribution in [-0.2, 0) is 12.8 Å². The van der Waals surface area contributed by atoms with Crippen LogP contribution < -0.4 is 0 Å². The Bertz CT molecular complexity index is 613. The quantitative estimate of drug-likeness (QED) is 0.292. The van der Waals surface area contributed by atoms with Crippen LogP contribution in [0.3, 0.4) is 0 Å². The topological polar surface area (TPSA) is 0 Å². The lowest BCUT2D eigenvalue weighted by molar-refractivity contribution is 0.877. The van der Waals surface area contributed by atoms with Crippen molar-refractivity contribution in [3.63, 3.8) is 0 Å². The van der Waals surface area contributed by atoms with Gasteiger partial charge in [0.05, 0.1) is 0 Å². The lowest BCUT2D eigenvalue weighted by Gasteiger charge is -2.16. The van der Waals surface area contributed by atoms with E-state index in [1.54, 1.807) is 0 Å². The second-order valence-electron chi connectivity index (χ2n) is 6.45. The molecule has 0 aliphatic carbocycles. The summed E-state index contributed by atoms with van der Waals surface area (Å²) in [4.78, 5) is 0. The highest BCUT2D eigenvalue weighted by Gasteiger charge is 2.26. The van der Waals surface area contributed by atoms with Crippen LogP contribution in [0.25, 0.3) is 12.2 Å². The fourth-order valence-electron chi connectivity index (χ4n) is 2.87. The van der Waals surface area contributed by atoms with E-state index in [4.69, 9.17) is 22.2 Å². The molecular formula is C22H26Cl2Si. The van der Waals surface area contributed by atoms with Crippen LogP contribution in [0.2, 0.25) is 12.1 Å². The van der Waals surface area contributed by atoms with Gasteiger partial charge >= 0.3 is 0 Å². The van der Waals surface area contributed by atoms with Crippen LogP contribution >= 0.6 is 22.2 Å². The molecule has 0 nitrogen and oxygen atoms in total. The van der Waals surface area contributed by atoms with Gasteiger partial charge in [-0.15, -0.1) is 22.2 Å². The van der Waals surface area contributed by atoms with E-state index in [0.717, 1.165) is 48.9 Å². The van der Waals surface area contributed by atoms with E-state index in [2.05, 4.69) is 61.7 Å². The zero-order valence-corrected chi connectivity index (χ0v) is 17.2. The first-order valence-electron chi connectivity index (χ1n) is 8.83. The summed E-state index contributed by atoms with van der Waals surface area (Å²) < 4.78 is 0. The highest BCUT2D eigenvalue weighted by molar-refractivity contribution is 7.45. The molecule has 3 heteroatoms. The van der Waals surface area contributed by atoms with Gasteiger partial charge in [0, 0.05) is 0 Å². The summed E-state index contributed by atoms with van der Waals surface area (Å²) in [6, 6.07) is 19.0. The summed E-state index contributed by atoms with van der Waals surface area (Å²) in [5.41, 5.74) is 4.99. The van der Waals surface area contributed by atoms with Gasteiger partial charge in [-0.2, -0.15) is 0 Å². The molecule has 0 fully saturated rings. The second kappa shape index (κ2) is 10.0. The highest BCUT2D eigenvalue weighted by Crippen LogP contribution is 2.30. The lowest BCUT2D eigenvalue weighted by atomic mass is 10.1. The van der Waals surface area contributed by atoms with E-state index in [-0.39, 0.29) is 0 Å². The number of hydrogen-bond acceptors (Lipinski definition) is 0. The van der Waals surface area contributed by atoms with E-state index < -0.39 is 6.69 Å². The summed E-state index contributed by atoms with van der Waals surface area (Å²) in [6.07, 6.45) is 7.92. The molecule has 0 aliphatic rings. The number of aryl methyl sites for hydroxylation is 2. The Balaban J connectivity index is 1.70. The van der Waals surface area contributed by atoms with Crippen molar-refractivity contribution >= 4 is 41.0 Å². The van der Waals surface area contributed by atoms with Gasteiger partial charge in [0.1, 0.15) is 0 Å². The standard InChI is InChI=1S/C22H26Cl2Si/c1-3-19-9-13-21(14-10-19)7-5-17-25(23,24)18-6-8-22-15-11-20(4-2)12-16-22/h3-4,9-16H,1-2,5-8,17-18H2. The average molecular weight is 389 g/mol. The molecule has 0 spiro atoms. The fraction of sp³-hybridized carbons (Fsp3) is 0.273. The zero-order chi connectivity index (χ0) is 18.1. The first kappa shape index (κ1) is 20.0. The van der Waals surface area contributed by atoms with Crippen molar-refractivity contribution in [2.24, 2.45) is 0 Å². The maximum atomic E-state index is 6.64. The van der Waals surface area contributed by atoms with Gasteiger partial charge in [-0.1, -0.05) is 73.8 Å². The minimum Gasteiger partial charge on any atom is -0.146 e. The van der Waals surface area contributed by atoms with Crippen molar-refractivity contribution in [3.05, 3.63) is 83.9 Å². The third-order valence-corrected chi connectivity index (χ3v) is 8.88. The first-order valence-corrected chi connectivity index (χ1v) is 13.3. The number of rotatable bonds is 10. The molecule has 0 aliphatic heterocycles. The van der Waals surface area contributed by atoms with Crippen molar-refractivity contribution in [1.29, 1.82) is 0 Å². The van der Waals surface area contributed by atoms with Crippen molar-refractivity contribution in [2.45, 2.75) is 37.8 Å². The molecule has 2 rings (SSSR count). The van der Waals surface area contributed by atoms with Crippen molar-refractivity contribution in [2.75, 3.05) is 0 Å². The van der Waals surface area contributed by atoms with E-state index in [0.29, 0.717) is 0 Å². The molecular weight excluding hydrogens is 363 g/mol. The van der Waals surface area contributed by atoms with E-state index in [1.165, 1.54) is 11.1 Å². The Hall–Kier alpha value is -1.28. The molecule has 0 unspecified atom stereocenters. The van der Waals surface area contributed by atoms with Crippen LogP contribution in [0.4, 0.5) is 0 Å². The Labute approximate surface area is 162 Å². The SMILES string of the molecule is C=Cc1ccc(CCC[Si](Cl)(Cl)CCCc2ccc(C=C)cc2)cc1. The average Bonchev–Trinajstić information content (AvgIpc) is 2.62. The third kappa shape index (κ3) is 7.23. The predicted octanol–water partition coefficient (Wildman–Crippen LogP) is 7.46. The molecule has 0 radical (unpaired) electrons. The molecule has 0 bridgehead atoms. The Morgan fingerprint density at radius 3 is 1.36 bits per heavy atom. The van der Waals surface area contributed by atoms with Crippen LogP contribution in [0.1, 0.15) is 35.1 Å². The van der Waals surface area contributed by atoms with Crippen molar-refractivity contribution < 1.29 is 0 Å². The van der Waals surface area contributed by atoms with Gasteiger partial charge in [-0.25, -0.2) is 0 Å².